The molecular formula is C29H31BrF2N2O3. The third-order valence-electron chi connectivity index (χ3n) is 7.44. The Balaban J connectivity index is 0.00000320. The van der Waals surface area contributed by atoms with Crippen LogP contribution < -0.4 is 26.6 Å². The predicted octanol–water partition coefficient (Wildman–Crippen LogP) is 2.80. The van der Waals surface area contributed by atoms with Crippen LogP contribution in [0.15, 0.2) is 78.9 Å². The highest BCUT2D eigenvalue weighted by molar-refractivity contribution is 5.87. The number of ether oxygens (including phenoxy) is 2. The van der Waals surface area contributed by atoms with Gasteiger partial charge in [-0.2, -0.15) is 0 Å². The van der Waals surface area contributed by atoms with Crippen molar-refractivity contribution in [3.8, 4) is 5.75 Å². The summed E-state index contributed by atoms with van der Waals surface area (Å²) < 4.78 is 40.7. The number of anilines is 1. The fraction of sp³-hybridized carbons (Fsp3) is 0.345. The van der Waals surface area contributed by atoms with E-state index < -0.39 is 11.9 Å². The Bertz CT molecular complexity index is 1190. The number of carbonyl (C=O) groups is 1. The van der Waals surface area contributed by atoms with Gasteiger partial charge in [0.1, 0.15) is 37.1 Å². The standard InChI is InChI=1S/C29H31F2N2O3.BrH/c30-24-7-4-6-22(18-24)20-32(26-9-5-8-25(31)19-26)29(34)36-28-21-33(14-12-23(28)13-15-33)16-17-35-27-10-2-1-3-11-27;/h1-11,18-19,23,28H,12-17,20-21H2;1H/q+1;/p-1/t23?,28-,33?;/m0./s1. The highest BCUT2D eigenvalue weighted by atomic mass is 79.9. The number of benzene rings is 3. The Kier molecular flexibility index (Phi) is 8.82. The highest BCUT2D eigenvalue weighted by Crippen LogP contribution is 2.36. The number of halogens is 3. The minimum absolute atomic E-state index is 0. The third-order valence-corrected chi connectivity index (χ3v) is 7.44. The van der Waals surface area contributed by atoms with Crippen molar-refractivity contribution in [2.45, 2.75) is 25.5 Å². The van der Waals surface area contributed by atoms with Gasteiger partial charge < -0.3 is 30.9 Å². The van der Waals surface area contributed by atoms with E-state index >= 15 is 0 Å². The molecule has 1 atom stereocenters. The molecule has 0 aliphatic carbocycles. The van der Waals surface area contributed by atoms with Crippen molar-refractivity contribution >= 4 is 11.8 Å². The fourth-order valence-corrected chi connectivity index (χ4v) is 5.46. The van der Waals surface area contributed by atoms with Gasteiger partial charge in [0, 0.05) is 18.8 Å². The Morgan fingerprint density at radius 3 is 2.32 bits per heavy atom. The number of hydrogen-bond donors (Lipinski definition) is 0. The molecule has 2 bridgehead atoms. The lowest BCUT2D eigenvalue weighted by atomic mass is 9.83. The molecule has 0 aromatic heterocycles. The van der Waals surface area contributed by atoms with Gasteiger partial charge in [-0.05, 0) is 48.0 Å². The lowest BCUT2D eigenvalue weighted by molar-refractivity contribution is -0.946. The van der Waals surface area contributed by atoms with Crippen LogP contribution in [0.4, 0.5) is 19.3 Å². The van der Waals surface area contributed by atoms with Gasteiger partial charge in [0.15, 0.2) is 6.10 Å². The van der Waals surface area contributed by atoms with E-state index in [0.29, 0.717) is 23.8 Å². The second-order valence-electron chi connectivity index (χ2n) is 9.81. The van der Waals surface area contributed by atoms with Crippen LogP contribution in [-0.4, -0.2) is 49.5 Å². The number of fused-ring (bicyclic) bond motifs is 3. The monoisotopic (exact) mass is 572 g/mol. The van der Waals surface area contributed by atoms with Crippen LogP contribution in [0.25, 0.3) is 0 Å². The van der Waals surface area contributed by atoms with E-state index in [1.807, 2.05) is 30.3 Å². The van der Waals surface area contributed by atoms with Crippen molar-refractivity contribution in [3.63, 3.8) is 0 Å². The molecule has 6 rings (SSSR count). The molecule has 0 radical (unpaired) electrons. The van der Waals surface area contributed by atoms with Gasteiger partial charge >= 0.3 is 6.09 Å². The zero-order valence-electron chi connectivity index (χ0n) is 20.6. The summed E-state index contributed by atoms with van der Waals surface area (Å²) in [4.78, 5) is 14.8. The second kappa shape index (κ2) is 12.0. The molecule has 196 valence electrons. The van der Waals surface area contributed by atoms with E-state index in [2.05, 4.69) is 0 Å². The van der Waals surface area contributed by atoms with Gasteiger partial charge in [-0.25, -0.2) is 13.6 Å². The van der Waals surface area contributed by atoms with Gasteiger partial charge in [-0.3, -0.25) is 4.90 Å². The van der Waals surface area contributed by atoms with Crippen molar-refractivity contribution in [1.82, 2.24) is 0 Å². The molecule has 3 fully saturated rings. The van der Waals surface area contributed by atoms with Crippen LogP contribution >= 0.6 is 0 Å². The second-order valence-corrected chi connectivity index (χ2v) is 9.81. The Hall–Kier alpha value is -2.97. The average Bonchev–Trinajstić information content (AvgIpc) is 2.88. The number of carbonyl (C=O) groups excluding carboxylic acids is 1. The topological polar surface area (TPSA) is 38.8 Å². The first kappa shape index (κ1) is 27.1. The molecule has 5 nitrogen and oxygen atoms in total. The largest absolute Gasteiger partial charge is 1.00 e. The maximum atomic E-state index is 14.0. The number of para-hydroxylation sites is 1. The maximum absolute atomic E-state index is 14.0. The Labute approximate surface area is 227 Å². The number of hydrogen-bond acceptors (Lipinski definition) is 3. The number of nitrogens with zero attached hydrogens (tertiary/aromatic N) is 2. The summed E-state index contributed by atoms with van der Waals surface area (Å²) in [5, 5.41) is 0. The molecule has 3 heterocycles. The Morgan fingerprint density at radius 2 is 1.62 bits per heavy atom. The zero-order valence-corrected chi connectivity index (χ0v) is 22.2. The van der Waals surface area contributed by atoms with Crippen molar-refractivity contribution in [2.24, 2.45) is 5.92 Å². The Morgan fingerprint density at radius 1 is 0.919 bits per heavy atom. The van der Waals surface area contributed by atoms with Gasteiger partial charge in [0.05, 0.1) is 25.3 Å². The van der Waals surface area contributed by atoms with Crippen LogP contribution in [0, 0.1) is 17.6 Å². The summed E-state index contributed by atoms with van der Waals surface area (Å²) in [7, 11) is 0. The maximum Gasteiger partial charge on any atom is 0.415 e. The zero-order chi connectivity index (χ0) is 25.0. The van der Waals surface area contributed by atoms with Gasteiger partial charge in [-0.1, -0.05) is 36.4 Å². The number of piperidine rings is 3. The lowest BCUT2D eigenvalue weighted by Crippen LogP contribution is -3.00. The van der Waals surface area contributed by atoms with E-state index in [9.17, 15) is 13.6 Å². The third kappa shape index (κ3) is 6.67. The smallest absolute Gasteiger partial charge is 0.415 e. The van der Waals surface area contributed by atoms with Crippen LogP contribution in [0.3, 0.4) is 0 Å². The first-order valence-corrected chi connectivity index (χ1v) is 12.5. The number of rotatable bonds is 8. The predicted molar refractivity (Wildman–Crippen MR) is 134 cm³/mol. The van der Waals surface area contributed by atoms with Crippen molar-refractivity contribution in [3.05, 3.63) is 96.1 Å². The molecule has 8 heteroatoms. The molecule has 3 aromatic rings. The summed E-state index contributed by atoms with van der Waals surface area (Å²) in [6, 6.07) is 21.7. The minimum atomic E-state index is -0.540. The van der Waals surface area contributed by atoms with E-state index in [-0.39, 0.29) is 35.4 Å². The van der Waals surface area contributed by atoms with Crippen molar-refractivity contribution in [2.75, 3.05) is 37.7 Å². The first-order chi connectivity index (χ1) is 17.5. The minimum Gasteiger partial charge on any atom is -1.00 e. The molecule has 3 aliphatic heterocycles. The SMILES string of the molecule is O=C(O[C@H]1C[N+]2(CCOc3ccccc3)CCC1CC2)N(Cc1cccc(F)c1)c1cccc(F)c1.[Br-]. The summed E-state index contributed by atoms with van der Waals surface area (Å²) in [5.41, 5.74) is 0.984. The molecule has 0 saturated carbocycles. The van der Waals surface area contributed by atoms with E-state index in [4.69, 9.17) is 9.47 Å². The van der Waals surface area contributed by atoms with Crippen LogP contribution in [0.5, 0.6) is 5.75 Å². The van der Waals surface area contributed by atoms with Gasteiger partial charge in [0.25, 0.3) is 0 Å². The van der Waals surface area contributed by atoms with Gasteiger partial charge in [-0.15, -0.1) is 0 Å². The summed E-state index contributed by atoms with van der Waals surface area (Å²) in [6.07, 6.45) is 1.22. The fourth-order valence-electron chi connectivity index (χ4n) is 5.46. The molecule has 0 spiro atoms. The molecule has 37 heavy (non-hydrogen) atoms. The lowest BCUT2D eigenvalue weighted by Gasteiger charge is -2.52. The molecule has 3 aromatic carbocycles. The first-order valence-electron chi connectivity index (χ1n) is 12.5. The average molecular weight is 573 g/mol. The quantitative estimate of drug-likeness (QED) is 0.390. The number of amides is 1. The van der Waals surface area contributed by atoms with E-state index in [1.165, 1.54) is 29.2 Å². The van der Waals surface area contributed by atoms with Crippen LogP contribution in [0.2, 0.25) is 0 Å². The van der Waals surface area contributed by atoms with E-state index in [1.54, 1.807) is 24.3 Å². The number of quaternary nitrogens is 1. The molecule has 0 N–H and O–H groups in total. The summed E-state index contributed by atoms with van der Waals surface area (Å²) in [6.45, 7) is 4.38. The van der Waals surface area contributed by atoms with Crippen molar-refractivity contribution < 1.29 is 44.5 Å². The molecule has 1 amide bonds. The highest BCUT2D eigenvalue weighted by Gasteiger charge is 2.48. The van der Waals surface area contributed by atoms with Crippen LogP contribution in [0.1, 0.15) is 18.4 Å². The molecule has 0 unspecified atom stereocenters. The normalized spacial score (nSPS) is 22.1. The summed E-state index contributed by atoms with van der Waals surface area (Å²) >= 11 is 0. The van der Waals surface area contributed by atoms with Crippen molar-refractivity contribution in [1.29, 1.82) is 0 Å². The molecular weight excluding hydrogens is 542 g/mol. The molecule has 3 saturated heterocycles. The van der Waals surface area contributed by atoms with Crippen LogP contribution in [-0.2, 0) is 11.3 Å². The van der Waals surface area contributed by atoms with Gasteiger partial charge in [0.2, 0.25) is 0 Å². The van der Waals surface area contributed by atoms with E-state index in [0.717, 1.165) is 49.3 Å². The summed E-state index contributed by atoms with van der Waals surface area (Å²) in [5.74, 6) is 0.332. The molecule has 3 aliphatic rings.